The van der Waals surface area contributed by atoms with Crippen molar-refractivity contribution in [2.45, 2.75) is 58.2 Å². The van der Waals surface area contributed by atoms with E-state index in [0.29, 0.717) is 32.0 Å². The molecule has 0 radical (unpaired) electrons. The Hall–Kier alpha value is -2.69. The summed E-state index contributed by atoms with van der Waals surface area (Å²) in [4.78, 5) is 34.5. The standard InChI is InChI=1S/C24H29N3O2/c1-3-26-22(28)13-12-21(23(26)19-8-6-17(2)7-9-19)24(29)27(20-10-11-20)16-18-5-4-14-25-15-18/h4-9,14-15,20-21,23H,3,10-13,16H2,1-2H3/t21-,23+/m1/s1. The van der Waals surface area contributed by atoms with E-state index in [1.807, 2.05) is 35.1 Å². The zero-order chi connectivity index (χ0) is 20.4. The van der Waals surface area contributed by atoms with Crippen LogP contribution in [0.2, 0.25) is 0 Å². The molecule has 0 spiro atoms. The van der Waals surface area contributed by atoms with Gasteiger partial charge in [-0.05, 0) is 50.3 Å². The van der Waals surface area contributed by atoms with Gasteiger partial charge >= 0.3 is 0 Å². The molecule has 5 heteroatoms. The number of aromatic nitrogens is 1. The number of piperidine rings is 1. The van der Waals surface area contributed by atoms with Crippen LogP contribution >= 0.6 is 0 Å². The van der Waals surface area contributed by atoms with Crippen LogP contribution in [-0.2, 0) is 16.1 Å². The molecule has 1 aromatic heterocycles. The zero-order valence-corrected chi connectivity index (χ0v) is 17.3. The summed E-state index contributed by atoms with van der Waals surface area (Å²) in [5.41, 5.74) is 3.29. The summed E-state index contributed by atoms with van der Waals surface area (Å²) >= 11 is 0. The summed E-state index contributed by atoms with van der Waals surface area (Å²) in [5, 5.41) is 0. The van der Waals surface area contributed by atoms with Gasteiger partial charge in [0.25, 0.3) is 0 Å². The van der Waals surface area contributed by atoms with Crippen molar-refractivity contribution in [2.24, 2.45) is 5.92 Å². The molecule has 0 bridgehead atoms. The Balaban J connectivity index is 1.64. The molecule has 2 atom stereocenters. The Labute approximate surface area is 172 Å². The highest BCUT2D eigenvalue weighted by molar-refractivity contribution is 5.85. The number of rotatable bonds is 6. The average Bonchev–Trinajstić information content (AvgIpc) is 3.58. The average molecular weight is 392 g/mol. The molecule has 1 aliphatic carbocycles. The summed E-state index contributed by atoms with van der Waals surface area (Å²) < 4.78 is 0. The number of carbonyl (C=O) groups excluding carboxylic acids is 2. The molecule has 0 unspecified atom stereocenters. The van der Waals surface area contributed by atoms with Crippen LogP contribution in [0.15, 0.2) is 48.8 Å². The highest BCUT2D eigenvalue weighted by atomic mass is 16.2. The van der Waals surface area contributed by atoms with Crippen molar-refractivity contribution in [3.8, 4) is 0 Å². The van der Waals surface area contributed by atoms with Gasteiger partial charge in [-0.15, -0.1) is 0 Å². The monoisotopic (exact) mass is 391 g/mol. The second kappa shape index (κ2) is 8.36. The van der Waals surface area contributed by atoms with E-state index >= 15 is 0 Å². The minimum absolute atomic E-state index is 0.146. The summed E-state index contributed by atoms with van der Waals surface area (Å²) in [5.74, 6) is 0.118. The van der Waals surface area contributed by atoms with E-state index in [-0.39, 0.29) is 23.8 Å². The van der Waals surface area contributed by atoms with Crippen LogP contribution in [0.25, 0.3) is 0 Å². The first-order valence-electron chi connectivity index (χ1n) is 10.6. The van der Waals surface area contributed by atoms with Gasteiger partial charge in [0.05, 0.1) is 12.0 Å². The van der Waals surface area contributed by atoms with E-state index in [1.54, 1.807) is 6.20 Å². The molecule has 29 heavy (non-hydrogen) atoms. The second-order valence-electron chi connectivity index (χ2n) is 8.24. The molecule has 1 aromatic carbocycles. The molecular formula is C24H29N3O2. The summed E-state index contributed by atoms with van der Waals surface area (Å²) in [6, 6.07) is 12.3. The van der Waals surface area contributed by atoms with Crippen LogP contribution in [0.3, 0.4) is 0 Å². The Morgan fingerprint density at radius 3 is 2.55 bits per heavy atom. The summed E-state index contributed by atoms with van der Waals surface area (Å²) in [6.07, 6.45) is 6.77. The van der Waals surface area contributed by atoms with Gasteiger partial charge in [0.15, 0.2) is 0 Å². The number of likely N-dealkylation sites (tertiary alicyclic amines) is 1. The number of hydrogen-bond acceptors (Lipinski definition) is 3. The first-order chi connectivity index (χ1) is 14.1. The molecule has 1 aliphatic heterocycles. The molecule has 1 saturated heterocycles. The fraction of sp³-hybridized carbons (Fsp3) is 0.458. The van der Waals surface area contributed by atoms with Crippen molar-refractivity contribution in [1.29, 1.82) is 0 Å². The Bertz CT molecular complexity index is 861. The van der Waals surface area contributed by atoms with Crippen molar-refractivity contribution < 1.29 is 9.59 Å². The van der Waals surface area contributed by atoms with Gasteiger partial charge in [-0.3, -0.25) is 14.6 Å². The molecule has 5 nitrogen and oxygen atoms in total. The minimum atomic E-state index is -0.201. The lowest BCUT2D eigenvalue weighted by Crippen LogP contribution is -2.49. The molecular weight excluding hydrogens is 362 g/mol. The molecule has 2 aromatic rings. The van der Waals surface area contributed by atoms with E-state index < -0.39 is 0 Å². The molecule has 0 N–H and O–H groups in total. The first-order valence-corrected chi connectivity index (χ1v) is 10.6. The maximum absolute atomic E-state index is 13.8. The number of aryl methyl sites for hydroxylation is 1. The van der Waals surface area contributed by atoms with Crippen molar-refractivity contribution in [3.05, 3.63) is 65.5 Å². The maximum atomic E-state index is 13.8. The van der Waals surface area contributed by atoms with Crippen LogP contribution < -0.4 is 0 Å². The smallest absolute Gasteiger partial charge is 0.228 e. The SMILES string of the molecule is CCN1C(=O)CC[C@@H](C(=O)N(Cc2cccnc2)C2CC2)[C@@H]1c1ccc(C)cc1. The van der Waals surface area contributed by atoms with Crippen molar-refractivity contribution >= 4 is 11.8 Å². The van der Waals surface area contributed by atoms with E-state index in [1.165, 1.54) is 5.56 Å². The lowest BCUT2D eigenvalue weighted by Gasteiger charge is -2.42. The zero-order valence-electron chi connectivity index (χ0n) is 17.3. The molecule has 2 heterocycles. The van der Waals surface area contributed by atoms with Crippen LogP contribution in [-0.4, -0.2) is 39.2 Å². The Morgan fingerprint density at radius 1 is 1.17 bits per heavy atom. The van der Waals surface area contributed by atoms with Gasteiger partial charge < -0.3 is 9.80 Å². The number of amides is 2. The van der Waals surface area contributed by atoms with E-state index in [9.17, 15) is 9.59 Å². The van der Waals surface area contributed by atoms with Gasteiger partial charge in [0, 0.05) is 37.9 Å². The topological polar surface area (TPSA) is 53.5 Å². The van der Waals surface area contributed by atoms with E-state index in [4.69, 9.17) is 0 Å². The minimum Gasteiger partial charge on any atom is -0.335 e. The predicted molar refractivity (Wildman–Crippen MR) is 112 cm³/mol. The highest BCUT2D eigenvalue weighted by Gasteiger charge is 2.44. The molecule has 152 valence electrons. The van der Waals surface area contributed by atoms with Crippen LogP contribution in [0.4, 0.5) is 0 Å². The summed E-state index contributed by atoms with van der Waals surface area (Å²) in [6.45, 7) is 5.26. The second-order valence-corrected chi connectivity index (χ2v) is 8.24. The summed E-state index contributed by atoms with van der Waals surface area (Å²) in [7, 11) is 0. The van der Waals surface area contributed by atoms with Crippen molar-refractivity contribution in [3.63, 3.8) is 0 Å². The lowest BCUT2D eigenvalue weighted by molar-refractivity contribution is -0.148. The molecule has 1 saturated carbocycles. The Kier molecular flexibility index (Phi) is 5.65. The number of pyridine rings is 1. The Morgan fingerprint density at radius 2 is 1.93 bits per heavy atom. The van der Waals surface area contributed by atoms with Crippen LogP contribution in [0, 0.1) is 12.8 Å². The van der Waals surface area contributed by atoms with Gasteiger partial charge in [-0.2, -0.15) is 0 Å². The van der Waals surface area contributed by atoms with Gasteiger partial charge in [-0.1, -0.05) is 35.9 Å². The number of hydrogen-bond donors (Lipinski definition) is 0. The largest absolute Gasteiger partial charge is 0.335 e. The van der Waals surface area contributed by atoms with E-state index in [2.05, 4.69) is 36.2 Å². The van der Waals surface area contributed by atoms with Crippen LogP contribution in [0.1, 0.15) is 55.3 Å². The highest BCUT2D eigenvalue weighted by Crippen LogP contribution is 2.40. The molecule has 2 fully saturated rings. The maximum Gasteiger partial charge on any atom is 0.228 e. The molecule has 2 aliphatic rings. The number of nitrogens with zero attached hydrogens (tertiary/aromatic N) is 3. The van der Waals surface area contributed by atoms with Gasteiger partial charge in [-0.25, -0.2) is 0 Å². The quantitative estimate of drug-likeness (QED) is 0.751. The fourth-order valence-electron chi connectivity index (χ4n) is 4.43. The fourth-order valence-corrected chi connectivity index (χ4v) is 4.43. The van der Waals surface area contributed by atoms with Crippen LogP contribution in [0.5, 0.6) is 0 Å². The van der Waals surface area contributed by atoms with Gasteiger partial charge in [0.1, 0.15) is 0 Å². The van der Waals surface area contributed by atoms with Crippen molar-refractivity contribution in [1.82, 2.24) is 14.8 Å². The third-order valence-corrected chi connectivity index (χ3v) is 6.13. The third-order valence-electron chi connectivity index (χ3n) is 6.13. The molecule has 4 rings (SSSR count). The first kappa shape index (κ1) is 19.6. The normalized spacial score (nSPS) is 21.9. The number of benzene rings is 1. The van der Waals surface area contributed by atoms with E-state index in [0.717, 1.165) is 24.0 Å². The third kappa shape index (κ3) is 4.19. The van der Waals surface area contributed by atoms with Gasteiger partial charge in [0.2, 0.25) is 11.8 Å². The number of carbonyl (C=O) groups is 2. The lowest BCUT2D eigenvalue weighted by atomic mass is 9.83. The van der Waals surface area contributed by atoms with Crippen molar-refractivity contribution in [2.75, 3.05) is 6.54 Å². The predicted octanol–water partition coefficient (Wildman–Crippen LogP) is 3.88. The molecule has 2 amide bonds.